The minimum absolute atomic E-state index is 0.00527. The van der Waals surface area contributed by atoms with Crippen molar-refractivity contribution in [2.75, 3.05) is 17.2 Å². The van der Waals surface area contributed by atoms with Gasteiger partial charge < -0.3 is 20.0 Å². The number of amides is 3. The van der Waals surface area contributed by atoms with Gasteiger partial charge in [0, 0.05) is 24.3 Å². The normalized spacial score (nSPS) is 16.6. The molecule has 27 heavy (non-hydrogen) atoms. The zero-order valence-corrected chi connectivity index (χ0v) is 15.2. The van der Waals surface area contributed by atoms with E-state index in [-0.39, 0.29) is 23.5 Å². The first kappa shape index (κ1) is 18.7. The summed E-state index contributed by atoms with van der Waals surface area (Å²) >= 11 is 0. The molecule has 1 aliphatic heterocycles. The minimum atomic E-state index is -0.451. The Morgan fingerprint density at radius 1 is 1.11 bits per heavy atom. The summed E-state index contributed by atoms with van der Waals surface area (Å²) < 4.78 is 5.07. The highest BCUT2D eigenvalue weighted by atomic mass is 16.3. The van der Waals surface area contributed by atoms with Gasteiger partial charge in [0.15, 0.2) is 5.76 Å². The number of rotatable bonds is 5. The predicted octanol–water partition coefficient (Wildman–Crippen LogP) is 3.26. The van der Waals surface area contributed by atoms with Gasteiger partial charge in [-0.3, -0.25) is 14.4 Å². The highest BCUT2D eigenvalue weighted by molar-refractivity contribution is 6.03. The predicted molar refractivity (Wildman–Crippen MR) is 101 cm³/mol. The van der Waals surface area contributed by atoms with E-state index in [1.54, 1.807) is 48.2 Å². The van der Waals surface area contributed by atoms with E-state index in [1.807, 2.05) is 0 Å². The van der Waals surface area contributed by atoms with Crippen molar-refractivity contribution < 1.29 is 18.8 Å². The van der Waals surface area contributed by atoms with Gasteiger partial charge in [0.25, 0.3) is 5.91 Å². The number of nitrogens with one attached hydrogen (secondary N) is 2. The molecule has 1 fully saturated rings. The summed E-state index contributed by atoms with van der Waals surface area (Å²) in [7, 11) is 0. The first-order chi connectivity index (χ1) is 13.1. The van der Waals surface area contributed by atoms with E-state index in [1.165, 1.54) is 6.26 Å². The van der Waals surface area contributed by atoms with Crippen molar-refractivity contribution in [3.8, 4) is 0 Å². The molecule has 1 aromatic carbocycles. The molecule has 1 atom stereocenters. The molecule has 0 bridgehead atoms. The van der Waals surface area contributed by atoms with Crippen LogP contribution in [-0.2, 0) is 9.59 Å². The second kappa shape index (κ2) is 8.53. The monoisotopic (exact) mass is 369 g/mol. The van der Waals surface area contributed by atoms with Crippen LogP contribution < -0.4 is 10.6 Å². The lowest BCUT2D eigenvalue weighted by Crippen LogP contribution is -2.49. The van der Waals surface area contributed by atoms with Gasteiger partial charge in [-0.05, 0) is 49.6 Å². The fourth-order valence-corrected chi connectivity index (χ4v) is 3.21. The molecule has 0 radical (unpaired) electrons. The molecule has 7 nitrogen and oxygen atoms in total. The third kappa shape index (κ3) is 4.55. The summed E-state index contributed by atoms with van der Waals surface area (Å²) in [6.45, 7) is 2.42. The summed E-state index contributed by atoms with van der Waals surface area (Å²) in [6, 6.07) is 9.64. The Balaban J connectivity index is 1.67. The maximum absolute atomic E-state index is 12.7. The number of carbonyl (C=O) groups excluding carboxylic acids is 3. The van der Waals surface area contributed by atoms with E-state index in [2.05, 4.69) is 10.6 Å². The molecule has 2 heterocycles. The average Bonchev–Trinajstić information content (AvgIpc) is 3.22. The molecule has 1 aliphatic rings. The van der Waals surface area contributed by atoms with Crippen LogP contribution in [0, 0.1) is 0 Å². The molecule has 0 spiro atoms. The maximum Gasteiger partial charge on any atom is 0.291 e. The van der Waals surface area contributed by atoms with Crippen LogP contribution in [0.5, 0.6) is 0 Å². The largest absolute Gasteiger partial charge is 0.459 e. The number of carbonyl (C=O) groups is 3. The molecule has 0 unspecified atom stereocenters. The van der Waals surface area contributed by atoms with Crippen molar-refractivity contribution in [1.29, 1.82) is 0 Å². The fraction of sp³-hybridized carbons (Fsp3) is 0.350. The summed E-state index contributed by atoms with van der Waals surface area (Å²) in [5.74, 6) is -0.365. The van der Waals surface area contributed by atoms with Crippen LogP contribution in [0.25, 0.3) is 0 Å². The summed E-state index contributed by atoms with van der Waals surface area (Å²) in [5.41, 5.74) is 1.10. The smallest absolute Gasteiger partial charge is 0.291 e. The number of likely N-dealkylation sites (tertiary alicyclic amines) is 1. The topological polar surface area (TPSA) is 91.7 Å². The Labute approximate surface area is 157 Å². The van der Waals surface area contributed by atoms with E-state index in [0.717, 1.165) is 12.8 Å². The third-order valence-corrected chi connectivity index (χ3v) is 4.56. The lowest BCUT2D eigenvalue weighted by atomic mass is 10.0. The van der Waals surface area contributed by atoms with E-state index < -0.39 is 6.04 Å². The lowest BCUT2D eigenvalue weighted by molar-refractivity contribution is -0.140. The Morgan fingerprint density at radius 3 is 2.59 bits per heavy atom. The standard InChI is InChI=1S/C20H23N3O4/c1-2-18(24)23-11-4-3-9-16(23)19(25)21-14-7-5-8-15(13-14)22-20(26)17-10-6-12-27-17/h5-8,10,12-13,16H,2-4,9,11H2,1H3,(H,21,25)(H,22,26)/t16-/m1/s1. The summed E-state index contributed by atoms with van der Waals surface area (Å²) in [4.78, 5) is 38.6. The Kier molecular flexibility index (Phi) is 5.90. The number of anilines is 2. The van der Waals surface area contributed by atoms with Crippen LogP contribution in [0.4, 0.5) is 11.4 Å². The van der Waals surface area contributed by atoms with Crippen molar-refractivity contribution in [3.63, 3.8) is 0 Å². The van der Waals surface area contributed by atoms with Crippen molar-refractivity contribution in [2.45, 2.75) is 38.6 Å². The number of hydrogen-bond acceptors (Lipinski definition) is 4. The van der Waals surface area contributed by atoms with Crippen LogP contribution in [0.1, 0.15) is 43.2 Å². The molecule has 1 aromatic heterocycles. The molecule has 2 N–H and O–H groups in total. The number of piperidine rings is 1. The van der Waals surface area contributed by atoms with E-state index in [4.69, 9.17) is 4.42 Å². The van der Waals surface area contributed by atoms with Gasteiger partial charge >= 0.3 is 0 Å². The minimum Gasteiger partial charge on any atom is -0.459 e. The first-order valence-electron chi connectivity index (χ1n) is 9.13. The van der Waals surface area contributed by atoms with Crippen molar-refractivity contribution in [3.05, 3.63) is 48.4 Å². The lowest BCUT2D eigenvalue weighted by Gasteiger charge is -2.34. The van der Waals surface area contributed by atoms with Crippen LogP contribution in [0.3, 0.4) is 0 Å². The van der Waals surface area contributed by atoms with Crippen LogP contribution in [0.2, 0.25) is 0 Å². The first-order valence-corrected chi connectivity index (χ1v) is 9.13. The van der Waals surface area contributed by atoms with Crippen LogP contribution in [0.15, 0.2) is 47.1 Å². The van der Waals surface area contributed by atoms with Gasteiger partial charge in [-0.15, -0.1) is 0 Å². The second-order valence-electron chi connectivity index (χ2n) is 6.45. The zero-order chi connectivity index (χ0) is 19.2. The third-order valence-electron chi connectivity index (χ3n) is 4.56. The molecule has 7 heteroatoms. The molecule has 2 aromatic rings. The van der Waals surface area contributed by atoms with Crippen molar-refractivity contribution in [1.82, 2.24) is 4.90 Å². The average molecular weight is 369 g/mol. The molecule has 0 aliphatic carbocycles. The van der Waals surface area contributed by atoms with Gasteiger partial charge in [-0.1, -0.05) is 13.0 Å². The SMILES string of the molecule is CCC(=O)N1CCCC[C@@H]1C(=O)Nc1cccc(NC(=O)c2ccco2)c1. The summed E-state index contributed by atoms with van der Waals surface area (Å²) in [5, 5.41) is 5.59. The van der Waals surface area contributed by atoms with E-state index in [9.17, 15) is 14.4 Å². The number of benzene rings is 1. The van der Waals surface area contributed by atoms with Gasteiger partial charge in [0.2, 0.25) is 11.8 Å². The highest BCUT2D eigenvalue weighted by Crippen LogP contribution is 2.21. The second-order valence-corrected chi connectivity index (χ2v) is 6.45. The van der Waals surface area contributed by atoms with Gasteiger partial charge in [0.1, 0.15) is 6.04 Å². The van der Waals surface area contributed by atoms with Gasteiger partial charge in [-0.25, -0.2) is 0 Å². The number of hydrogen-bond donors (Lipinski definition) is 2. The maximum atomic E-state index is 12.7. The fourth-order valence-electron chi connectivity index (χ4n) is 3.21. The molecular weight excluding hydrogens is 346 g/mol. The molecule has 3 amide bonds. The summed E-state index contributed by atoms with van der Waals surface area (Å²) in [6.07, 6.45) is 4.32. The zero-order valence-electron chi connectivity index (χ0n) is 15.2. The van der Waals surface area contributed by atoms with Crippen LogP contribution in [-0.4, -0.2) is 35.2 Å². The molecule has 0 saturated carbocycles. The van der Waals surface area contributed by atoms with E-state index >= 15 is 0 Å². The Bertz CT molecular complexity index is 816. The molecule has 1 saturated heterocycles. The van der Waals surface area contributed by atoms with Crippen molar-refractivity contribution >= 4 is 29.1 Å². The van der Waals surface area contributed by atoms with E-state index in [0.29, 0.717) is 30.8 Å². The van der Waals surface area contributed by atoms with Crippen LogP contribution >= 0.6 is 0 Å². The van der Waals surface area contributed by atoms with Crippen molar-refractivity contribution in [2.24, 2.45) is 0 Å². The quantitative estimate of drug-likeness (QED) is 0.846. The van der Waals surface area contributed by atoms with Gasteiger partial charge in [-0.2, -0.15) is 0 Å². The van der Waals surface area contributed by atoms with Gasteiger partial charge in [0.05, 0.1) is 6.26 Å². The molecule has 3 rings (SSSR count). The Hall–Kier alpha value is -3.09. The Morgan fingerprint density at radius 2 is 1.89 bits per heavy atom. The number of furan rings is 1. The molecular formula is C20H23N3O4. The number of nitrogens with zero attached hydrogens (tertiary/aromatic N) is 1. The highest BCUT2D eigenvalue weighted by Gasteiger charge is 2.31. The molecule has 142 valence electrons.